The molecule has 0 saturated heterocycles. The number of hydrogen-bond donors (Lipinski definition) is 0. The molecule has 0 heterocycles. The molecule has 136 valence electrons. The number of esters is 1. The fourth-order valence-corrected chi connectivity index (χ4v) is 2.72. The van der Waals surface area contributed by atoms with Crippen molar-refractivity contribution in [1.29, 1.82) is 0 Å². The minimum Gasteiger partial charge on any atom is -0.494 e. The molecule has 0 aliphatic heterocycles. The van der Waals surface area contributed by atoms with Crippen molar-refractivity contribution in [2.75, 3.05) is 6.61 Å². The Morgan fingerprint density at radius 1 is 1.00 bits per heavy atom. The third-order valence-electron chi connectivity index (χ3n) is 3.66. The topological polar surface area (TPSA) is 47.9 Å². The van der Waals surface area contributed by atoms with Gasteiger partial charge in [-0.2, -0.15) is 0 Å². The molecule has 5 heteroatoms. The Morgan fingerprint density at radius 2 is 1.74 bits per heavy atom. The molecule has 3 rings (SSSR count). The van der Waals surface area contributed by atoms with Crippen LogP contribution >= 0.6 is 15.9 Å². The maximum absolute atomic E-state index is 12.2. The van der Waals surface area contributed by atoms with Crippen LogP contribution in [0.25, 0.3) is 0 Å². The molecule has 0 amide bonds. The van der Waals surface area contributed by atoms with Crippen molar-refractivity contribution in [3.63, 3.8) is 0 Å². The SMILES string of the molecule is CCOc1ccc(C=Nc2ccc(C(=O)Oc3cccc(Br)c3)cc2)cc1. The van der Waals surface area contributed by atoms with Crippen LogP contribution in [0.15, 0.2) is 82.3 Å². The van der Waals surface area contributed by atoms with E-state index in [0.717, 1.165) is 21.5 Å². The Morgan fingerprint density at radius 3 is 2.41 bits per heavy atom. The van der Waals surface area contributed by atoms with Gasteiger partial charge in [0.15, 0.2) is 0 Å². The fraction of sp³-hybridized carbons (Fsp3) is 0.0909. The van der Waals surface area contributed by atoms with Crippen LogP contribution in [0.1, 0.15) is 22.8 Å². The zero-order chi connectivity index (χ0) is 19.1. The first kappa shape index (κ1) is 18.9. The average Bonchev–Trinajstić information content (AvgIpc) is 2.68. The number of hydrogen-bond acceptors (Lipinski definition) is 4. The Bertz CT molecular complexity index is 935. The Labute approximate surface area is 166 Å². The van der Waals surface area contributed by atoms with Crippen LogP contribution < -0.4 is 9.47 Å². The van der Waals surface area contributed by atoms with Crippen LogP contribution in [0, 0.1) is 0 Å². The van der Waals surface area contributed by atoms with E-state index >= 15 is 0 Å². The van der Waals surface area contributed by atoms with E-state index < -0.39 is 5.97 Å². The molecule has 0 atom stereocenters. The van der Waals surface area contributed by atoms with E-state index in [1.54, 1.807) is 42.6 Å². The fourth-order valence-electron chi connectivity index (χ4n) is 2.35. The van der Waals surface area contributed by atoms with Gasteiger partial charge in [0.25, 0.3) is 0 Å². The van der Waals surface area contributed by atoms with Crippen LogP contribution in [0.2, 0.25) is 0 Å². The molecule has 0 unspecified atom stereocenters. The predicted molar refractivity (Wildman–Crippen MR) is 110 cm³/mol. The molecule has 0 saturated carbocycles. The minimum atomic E-state index is -0.407. The summed E-state index contributed by atoms with van der Waals surface area (Å²) in [6.07, 6.45) is 1.77. The zero-order valence-corrected chi connectivity index (χ0v) is 16.3. The van der Waals surface area contributed by atoms with Gasteiger partial charge in [-0.15, -0.1) is 0 Å². The summed E-state index contributed by atoms with van der Waals surface area (Å²) in [5, 5.41) is 0. The summed E-state index contributed by atoms with van der Waals surface area (Å²) in [4.78, 5) is 16.6. The lowest BCUT2D eigenvalue weighted by molar-refractivity contribution is 0.0734. The van der Waals surface area contributed by atoms with Crippen LogP contribution in [-0.2, 0) is 0 Å². The number of aliphatic imine (C=N–C) groups is 1. The van der Waals surface area contributed by atoms with Crippen molar-refractivity contribution in [2.45, 2.75) is 6.92 Å². The molecule has 27 heavy (non-hydrogen) atoms. The lowest BCUT2D eigenvalue weighted by atomic mass is 10.2. The highest BCUT2D eigenvalue weighted by atomic mass is 79.9. The lowest BCUT2D eigenvalue weighted by Gasteiger charge is -2.05. The molecular formula is C22H18BrNO3. The average molecular weight is 424 g/mol. The van der Waals surface area contributed by atoms with Crippen molar-refractivity contribution in [3.8, 4) is 11.5 Å². The molecule has 0 bridgehead atoms. The van der Waals surface area contributed by atoms with E-state index in [9.17, 15) is 4.79 Å². The van der Waals surface area contributed by atoms with Crippen molar-refractivity contribution < 1.29 is 14.3 Å². The van der Waals surface area contributed by atoms with Gasteiger partial charge in [0, 0.05) is 10.7 Å². The van der Waals surface area contributed by atoms with E-state index in [4.69, 9.17) is 9.47 Å². The number of carbonyl (C=O) groups is 1. The number of rotatable bonds is 6. The molecule has 0 fully saturated rings. The van der Waals surface area contributed by atoms with Gasteiger partial charge >= 0.3 is 5.97 Å². The van der Waals surface area contributed by atoms with Crippen LogP contribution in [0.5, 0.6) is 11.5 Å². The number of benzene rings is 3. The summed E-state index contributed by atoms with van der Waals surface area (Å²) in [5.74, 6) is 0.921. The molecular weight excluding hydrogens is 406 g/mol. The second-order valence-corrected chi connectivity index (χ2v) is 6.57. The van der Waals surface area contributed by atoms with Gasteiger partial charge in [-0.25, -0.2) is 4.79 Å². The summed E-state index contributed by atoms with van der Waals surface area (Å²) >= 11 is 3.35. The largest absolute Gasteiger partial charge is 0.494 e. The lowest BCUT2D eigenvalue weighted by Crippen LogP contribution is -2.07. The van der Waals surface area contributed by atoms with Gasteiger partial charge in [0.2, 0.25) is 0 Å². The molecule has 0 radical (unpaired) electrons. The molecule has 4 nitrogen and oxygen atoms in total. The predicted octanol–water partition coefficient (Wildman–Crippen LogP) is 5.82. The third-order valence-corrected chi connectivity index (χ3v) is 4.16. The zero-order valence-electron chi connectivity index (χ0n) is 14.8. The first-order valence-corrected chi connectivity index (χ1v) is 9.28. The highest BCUT2D eigenvalue weighted by Crippen LogP contribution is 2.20. The Hall–Kier alpha value is -2.92. The maximum Gasteiger partial charge on any atom is 0.343 e. The van der Waals surface area contributed by atoms with Gasteiger partial charge in [0.05, 0.1) is 17.9 Å². The van der Waals surface area contributed by atoms with Gasteiger partial charge in [-0.05, 0) is 79.2 Å². The van der Waals surface area contributed by atoms with Crippen molar-refractivity contribution in [1.82, 2.24) is 0 Å². The highest BCUT2D eigenvalue weighted by molar-refractivity contribution is 9.10. The van der Waals surface area contributed by atoms with Gasteiger partial charge < -0.3 is 9.47 Å². The number of carbonyl (C=O) groups excluding carboxylic acids is 1. The van der Waals surface area contributed by atoms with Crippen LogP contribution in [0.3, 0.4) is 0 Å². The minimum absolute atomic E-state index is 0.407. The summed E-state index contributed by atoms with van der Waals surface area (Å²) in [5.41, 5.74) is 2.19. The van der Waals surface area contributed by atoms with Crippen molar-refractivity contribution >= 4 is 33.8 Å². The normalized spacial score (nSPS) is 10.7. The summed E-state index contributed by atoms with van der Waals surface area (Å²) in [7, 11) is 0. The van der Waals surface area contributed by atoms with E-state index in [0.29, 0.717) is 17.9 Å². The monoisotopic (exact) mass is 423 g/mol. The quantitative estimate of drug-likeness (QED) is 0.285. The molecule has 0 aromatic heterocycles. The molecule has 0 aliphatic rings. The van der Waals surface area contributed by atoms with Crippen molar-refractivity contribution in [2.24, 2.45) is 4.99 Å². The van der Waals surface area contributed by atoms with E-state index in [1.165, 1.54) is 0 Å². The third kappa shape index (κ3) is 5.53. The van der Waals surface area contributed by atoms with E-state index in [1.807, 2.05) is 43.3 Å². The Balaban J connectivity index is 1.63. The van der Waals surface area contributed by atoms with Crippen LogP contribution in [-0.4, -0.2) is 18.8 Å². The van der Waals surface area contributed by atoms with Crippen molar-refractivity contribution in [3.05, 3.63) is 88.4 Å². The standard InChI is InChI=1S/C22H18BrNO3/c1-2-26-20-12-6-16(7-13-20)15-24-19-10-8-17(9-11-19)22(25)27-21-5-3-4-18(23)14-21/h3-15H,2H2,1H3. The Kier molecular flexibility index (Phi) is 6.39. The van der Waals surface area contributed by atoms with E-state index in [-0.39, 0.29) is 0 Å². The molecule has 3 aromatic rings. The molecule has 3 aromatic carbocycles. The highest BCUT2D eigenvalue weighted by Gasteiger charge is 2.08. The molecule has 0 spiro atoms. The number of nitrogens with zero attached hydrogens (tertiary/aromatic N) is 1. The summed E-state index contributed by atoms with van der Waals surface area (Å²) < 4.78 is 11.6. The smallest absolute Gasteiger partial charge is 0.343 e. The first-order valence-electron chi connectivity index (χ1n) is 8.49. The second-order valence-electron chi connectivity index (χ2n) is 5.65. The van der Waals surface area contributed by atoms with Crippen LogP contribution in [0.4, 0.5) is 5.69 Å². The van der Waals surface area contributed by atoms with Gasteiger partial charge in [-0.1, -0.05) is 22.0 Å². The molecule has 0 N–H and O–H groups in total. The first-order chi connectivity index (χ1) is 13.1. The van der Waals surface area contributed by atoms with Gasteiger partial charge in [-0.3, -0.25) is 4.99 Å². The second kappa shape index (κ2) is 9.14. The van der Waals surface area contributed by atoms with E-state index in [2.05, 4.69) is 20.9 Å². The molecule has 0 aliphatic carbocycles. The summed E-state index contributed by atoms with van der Waals surface area (Å²) in [6.45, 7) is 2.59. The number of halogens is 1. The van der Waals surface area contributed by atoms with Gasteiger partial charge in [0.1, 0.15) is 11.5 Å². The summed E-state index contributed by atoms with van der Waals surface area (Å²) in [6, 6.07) is 21.8. The number of ether oxygens (including phenoxy) is 2. The maximum atomic E-state index is 12.2.